The SMILES string of the molecule is O=c1n(Cc2ccccc2)c2cccnc2n1[C@@H]1CCNC1. The summed E-state index contributed by atoms with van der Waals surface area (Å²) in [5.74, 6) is 0. The van der Waals surface area contributed by atoms with Crippen molar-refractivity contribution in [3.05, 3.63) is 64.7 Å². The Balaban J connectivity index is 1.87. The summed E-state index contributed by atoms with van der Waals surface area (Å²) in [5, 5.41) is 3.32. The van der Waals surface area contributed by atoms with E-state index in [4.69, 9.17) is 0 Å². The van der Waals surface area contributed by atoms with Gasteiger partial charge in [-0.25, -0.2) is 9.78 Å². The number of fused-ring (bicyclic) bond motifs is 1. The van der Waals surface area contributed by atoms with Gasteiger partial charge in [0.2, 0.25) is 0 Å². The smallest absolute Gasteiger partial charge is 0.315 e. The number of nitrogens with one attached hydrogen (secondary N) is 1. The van der Waals surface area contributed by atoms with Crippen LogP contribution in [0.25, 0.3) is 11.2 Å². The van der Waals surface area contributed by atoms with Crippen molar-refractivity contribution in [1.82, 2.24) is 19.4 Å². The zero-order chi connectivity index (χ0) is 14.9. The van der Waals surface area contributed by atoms with E-state index in [2.05, 4.69) is 10.3 Å². The molecule has 1 aliphatic rings. The maximum atomic E-state index is 12.9. The van der Waals surface area contributed by atoms with Gasteiger partial charge in [0.1, 0.15) is 0 Å². The van der Waals surface area contributed by atoms with E-state index in [1.54, 1.807) is 6.20 Å². The van der Waals surface area contributed by atoms with E-state index < -0.39 is 0 Å². The van der Waals surface area contributed by atoms with Crippen molar-refractivity contribution in [2.75, 3.05) is 13.1 Å². The second kappa shape index (κ2) is 5.42. The van der Waals surface area contributed by atoms with Crippen LogP contribution in [0.4, 0.5) is 0 Å². The summed E-state index contributed by atoms with van der Waals surface area (Å²) in [6, 6.07) is 14.1. The van der Waals surface area contributed by atoms with Crippen LogP contribution in [0, 0.1) is 0 Å². The molecule has 1 aromatic carbocycles. The van der Waals surface area contributed by atoms with E-state index >= 15 is 0 Å². The molecule has 0 amide bonds. The van der Waals surface area contributed by atoms with E-state index in [0.717, 1.165) is 36.2 Å². The van der Waals surface area contributed by atoms with Gasteiger partial charge in [-0.3, -0.25) is 9.13 Å². The highest BCUT2D eigenvalue weighted by Crippen LogP contribution is 2.20. The van der Waals surface area contributed by atoms with Gasteiger partial charge in [0.15, 0.2) is 5.65 Å². The third-order valence-corrected chi connectivity index (χ3v) is 4.31. The summed E-state index contributed by atoms with van der Waals surface area (Å²) < 4.78 is 3.69. The molecule has 1 fully saturated rings. The van der Waals surface area contributed by atoms with Gasteiger partial charge in [0.25, 0.3) is 0 Å². The summed E-state index contributed by atoms with van der Waals surface area (Å²) in [6.07, 6.45) is 2.73. The van der Waals surface area contributed by atoms with E-state index in [0.29, 0.717) is 6.54 Å². The number of aromatic nitrogens is 3. The summed E-state index contributed by atoms with van der Waals surface area (Å²) in [4.78, 5) is 17.4. The van der Waals surface area contributed by atoms with Crippen LogP contribution in [0.2, 0.25) is 0 Å². The van der Waals surface area contributed by atoms with Crippen LogP contribution < -0.4 is 11.0 Å². The van der Waals surface area contributed by atoms with Crippen LogP contribution in [0.3, 0.4) is 0 Å². The molecule has 22 heavy (non-hydrogen) atoms. The molecule has 112 valence electrons. The lowest BCUT2D eigenvalue weighted by Crippen LogP contribution is -2.29. The minimum Gasteiger partial charge on any atom is -0.315 e. The van der Waals surface area contributed by atoms with Crippen LogP contribution in [0.15, 0.2) is 53.5 Å². The first-order valence-corrected chi connectivity index (χ1v) is 7.65. The van der Waals surface area contributed by atoms with Crippen molar-refractivity contribution < 1.29 is 0 Å². The minimum atomic E-state index is 0.0336. The molecule has 2 aromatic heterocycles. The van der Waals surface area contributed by atoms with Gasteiger partial charge in [0, 0.05) is 12.7 Å². The Bertz CT molecular complexity index is 844. The largest absolute Gasteiger partial charge is 0.330 e. The molecular weight excluding hydrogens is 276 g/mol. The molecule has 5 heteroatoms. The van der Waals surface area contributed by atoms with Crippen molar-refractivity contribution in [2.45, 2.75) is 19.0 Å². The number of imidazole rings is 1. The monoisotopic (exact) mass is 294 g/mol. The maximum Gasteiger partial charge on any atom is 0.330 e. The fourth-order valence-corrected chi connectivity index (χ4v) is 3.22. The summed E-state index contributed by atoms with van der Waals surface area (Å²) >= 11 is 0. The minimum absolute atomic E-state index is 0.0336. The molecule has 1 saturated heterocycles. The predicted octanol–water partition coefficient (Wildman–Crippen LogP) is 1.78. The van der Waals surface area contributed by atoms with Crippen molar-refractivity contribution in [3.8, 4) is 0 Å². The lowest BCUT2D eigenvalue weighted by atomic mass is 10.2. The molecule has 5 nitrogen and oxygen atoms in total. The van der Waals surface area contributed by atoms with Gasteiger partial charge >= 0.3 is 5.69 Å². The average Bonchev–Trinajstić information content (AvgIpc) is 3.16. The van der Waals surface area contributed by atoms with E-state index in [1.807, 2.05) is 51.6 Å². The van der Waals surface area contributed by atoms with Gasteiger partial charge in [-0.15, -0.1) is 0 Å². The molecule has 0 spiro atoms. The number of rotatable bonds is 3. The highest BCUT2D eigenvalue weighted by atomic mass is 16.1. The Morgan fingerprint density at radius 1 is 1.18 bits per heavy atom. The first kappa shape index (κ1) is 13.3. The quantitative estimate of drug-likeness (QED) is 0.801. The van der Waals surface area contributed by atoms with Crippen LogP contribution in [0.5, 0.6) is 0 Å². The van der Waals surface area contributed by atoms with Crippen molar-refractivity contribution in [1.29, 1.82) is 0 Å². The maximum absolute atomic E-state index is 12.9. The molecular formula is C17H18N4O. The number of nitrogens with zero attached hydrogens (tertiary/aromatic N) is 3. The van der Waals surface area contributed by atoms with Crippen molar-refractivity contribution >= 4 is 11.2 Å². The standard InChI is InChI=1S/C17H18N4O/c22-17-20(12-13-5-2-1-3-6-13)15-7-4-9-19-16(15)21(17)14-8-10-18-11-14/h1-7,9,14,18H,8,10-12H2/t14-/m1/s1. The van der Waals surface area contributed by atoms with Gasteiger partial charge in [-0.05, 0) is 30.7 Å². The molecule has 1 atom stereocenters. The fourth-order valence-electron chi connectivity index (χ4n) is 3.22. The predicted molar refractivity (Wildman–Crippen MR) is 86.1 cm³/mol. The summed E-state index contributed by atoms with van der Waals surface area (Å²) in [6.45, 7) is 2.37. The molecule has 0 saturated carbocycles. The van der Waals surface area contributed by atoms with Crippen molar-refractivity contribution in [2.24, 2.45) is 0 Å². The zero-order valence-electron chi connectivity index (χ0n) is 12.3. The Morgan fingerprint density at radius 3 is 2.82 bits per heavy atom. The second-order valence-electron chi connectivity index (χ2n) is 5.72. The molecule has 0 radical (unpaired) electrons. The topological polar surface area (TPSA) is 51.9 Å². The molecule has 3 heterocycles. The fraction of sp³-hybridized carbons (Fsp3) is 0.294. The molecule has 1 aliphatic heterocycles. The molecule has 4 rings (SSSR count). The third kappa shape index (κ3) is 2.14. The molecule has 0 aliphatic carbocycles. The third-order valence-electron chi connectivity index (χ3n) is 4.31. The van der Waals surface area contributed by atoms with Gasteiger partial charge in [0.05, 0.1) is 18.1 Å². The molecule has 0 bridgehead atoms. The number of benzene rings is 1. The van der Waals surface area contributed by atoms with Crippen LogP contribution in [0.1, 0.15) is 18.0 Å². The first-order valence-electron chi connectivity index (χ1n) is 7.65. The van der Waals surface area contributed by atoms with Gasteiger partial charge in [-0.1, -0.05) is 30.3 Å². The average molecular weight is 294 g/mol. The lowest BCUT2D eigenvalue weighted by molar-refractivity contribution is 0.528. The molecule has 0 unspecified atom stereocenters. The van der Waals surface area contributed by atoms with Crippen molar-refractivity contribution in [3.63, 3.8) is 0 Å². The van der Waals surface area contributed by atoms with E-state index in [-0.39, 0.29) is 11.7 Å². The Kier molecular flexibility index (Phi) is 3.27. The van der Waals surface area contributed by atoms with Crippen LogP contribution >= 0.6 is 0 Å². The second-order valence-corrected chi connectivity index (χ2v) is 5.72. The number of hydrogen-bond acceptors (Lipinski definition) is 3. The number of pyridine rings is 1. The Hall–Kier alpha value is -2.40. The van der Waals surface area contributed by atoms with Crippen LogP contribution in [-0.2, 0) is 6.54 Å². The van der Waals surface area contributed by atoms with Gasteiger partial charge < -0.3 is 5.32 Å². The summed E-state index contributed by atoms with van der Waals surface area (Å²) in [7, 11) is 0. The van der Waals surface area contributed by atoms with E-state index in [1.165, 1.54) is 0 Å². The molecule has 3 aromatic rings. The van der Waals surface area contributed by atoms with E-state index in [9.17, 15) is 4.79 Å². The summed E-state index contributed by atoms with van der Waals surface area (Å²) in [5.41, 5.74) is 2.85. The normalized spacial score (nSPS) is 18.1. The Morgan fingerprint density at radius 2 is 2.05 bits per heavy atom. The highest BCUT2D eigenvalue weighted by Gasteiger charge is 2.23. The van der Waals surface area contributed by atoms with Crippen LogP contribution in [-0.4, -0.2) is 27.2 Å². The van der Waals surface area contributed by atoms with Gasteiger partial charge in [-0.2, -0.15) is 0 Å². The molecule has 1 N–H and O–H groups in total. The number of hydrogen-bond donors (Lipinski definition) is 1. The zero-order valence-corrected chi connectivity index (χ0v) is 12.3. The Labute approximate surface area is 128 Å². The highest BCUT2D eigenvalue weighted by molar-refractivity contribution is 5.71. The first-order chi connectivity index (χ1) is 10.8. The lowest BCUT2D eigenvalue weighted by Gasteiger charge is -2.09.